The molecule has 0 aliphatic carbocycles. The number of furan rings is 1. The van der Waals surface area contributed by atoms with E-state index in [0.717, 1.165) is 28.5 Å². The summed E-state index contributed by atoms with van der Waals surface area (Å²) in [6.45, 7) is 4.48. The number of carbonyl (C=O) groups is 1. The van der Waals surface area contributed by atoms with Gasteiger partial charge >= 0.3 is 5.97 Å². The molecule has 0 bridgehead atoms. The molecule has 1 aromatic heterocycles. The van der Waals surface area contributed by atoms with E-state index in [9.17, 15) is 4.79 Å². The van der Waals surface area contributed by atoms with Gasteiger partial charge in [0.2, 0.25) is 0 Å². The third kappa shape index (κ3) is 2.67. The Morgan fingerprint density at radius 1 is 1.41 bits per heavy atom. The summed E-state index contributed by atoms with van der Waals surface area (Å²) < 4.78 is 10.5. The number of esters is 1. The molecule has 17 heavy (non-hydrogen) atoms. The minimum absolute atomic E-state index is 0.198. The molecule has 2 rings (SSSR count). The van der Waals surface area contributed by atoms with E-state index in [4.69, 9.17) is 9.15 Å². The first-order valence-corrected chi connectivity index (χ1v) is 5.83. The summed E-state index contributed by atoms with van der Waals surface area (Å²) in [4.78, 5) is 11.5. The molecule has 0 aliphatic rings. The van der Waals surface area contributed by atoms with Crippen LogP contribution in [-0.2, 0) is 16.0 Å². The van der Waals surface area contributed by atoms with Crippen molar-refractivity contribution in [1.82, 2.24) is 0 Å². The van der Waals surface area contributed by atoms with Gasteiger partial charge in [-0.25, -0.2) is 0 Å². The van der Waals surface area contributed by atoms with Crippen LogP contribution in [0.3, 0.4) is 0 Å². The molecule has 3 heteroatoms. The minimum Gasteiger partial charge on any atom is -0.465 e. The SMILES string of the molecule is CCCOC(=O)Cc1coc2ccc(C)cc12. The summed E-state index contributed by atoms with van der Waals surface area (Å²) in [7, 11) is 0. The maximum Gasteiger partial charge on any atom is 0.310 e. The van der Waals surface area contributed by atoms with E-state index in [1.807, 2.05) is 32.0 Å². The van der Waals surface area contributed by atoms with Crippen molar-refractivity contribution in [2.45, 2.75) is 26.7 Å². The fourth-order valence-corrected chi connectivity index (χ4v) is 1.75. The Labute approximate surface area is 100 Å². The van der Waals surface area contributed by atoms with E-state index in [2.05, 4.69) is 0 Å². The van der Waals surface area contributed by atoms with Crippen LogP contribution in [0.5, 0.6) is 0 Å². The van der Waals surface area contributed by atoms with Gasteiger partial charge in [0.15, 0.2) is 0 Å². The molecule has 0 saturated heterocycles. The van der Waals surface area contributed by atoms with Crippen LogP contribution in [0.2, 0.25) is 0 Å². The van der Waals surface area contributed by atoms with Crippen molar-refractivity contribution in [3.63, 3.8) is 0 Å². The number of fused-ring (bicyclic) bond motifs is 1. The van der Waals surface area contributed by atoms with Gasteiger partial charge in [-0.2, -0.15) is 0 Å². The number of ether oxygens (including phenoxy) is 1. The highest BCUT2D eigenvalue weighted by molar-refractivity contribution is 5.86. The smallest absolute Gasteiger partial charge is 0.310 e. The standard InChI is InChI=1S/C14H16O3/c1-3-6-16-14(15)8-11-9-17-13-5-4-10(2)7-12(11)13/h4-5,7,9H,3,6,8H2,1-2H3. The van der Waals surface area contributed by atoms with E-state index < -0.39 is 0 Å². The monoisotopic (exact) mass is 232 g/mol. The number of rotatable bonds is 4. The van der Waals surface area contributed by atoms with Gasteiger partial charge in [-0.15, -0.1) is 0 Å². The lowest BCUT2D eigenvalue weighted by atomic mass is 10.1. The summed E-state index contributed by atoms with van der Waals surface area (Å²) in [6.07, 6.45) is 2.75. The average Bonchev–Trinajstić information content (AvgIpc) is 2.69. The first-order chi connectivity index (χ1) is 8.20. The Balaban J connectivity index is 2.18. The van der Waals surface area contributed by atoms with Gasteiger partial charge in [0.25, 0.3) is 0 Å². The zero-order valence-corrected chi connectivity index (χ0v) is 10.2. The highest BCUT2D eigenvalue weighted by Crippen LogP contribution is 2.22. The molecule has 0 radical (unpaired) electrons. The van der Waals surface area contributed by atoms with Crippen LogP contribution in [0.25, 0.3) is 11.0 Å². The van der Waals surface area contributed by atoms with Crippen molar-refractivity contribution < 1.29 is 13.9 Å². The number of benzene rings is 1. The third-order valence-electron chi connectivity index (χ3n) is 2.61. The van der Waals surface area contributed by atoms with Gasteiger partial charge in [0, 0.05) is 10.9 Å². The molecule has 1 aromatic carbocycles. The molecule has 0 unspecified atom stereocenters. The molecule has 0 N–H and O–H groups in total. The molecule has 1 heterocycles. The predicted octanol–water partition coefficient (Wildman–Crippen LogP) is 3.24. The largest absolute Gasteiger partial charge is 0.465 e. The van der Waals surface area contributed by atoms with Gasteiger partial charge in [-0.3, -0.25) is 4.79 Å². The lowest BCUT2D eigenvalue weighted by Gasteiger charge is -2.01. The number of aryl methyl sites for hydroxylation is 1. The van der Waals surface area contributed by atoms with Crippen LogP contribution < -0.4 is 0 Å². The summed E-state index contributed by atoms with van der Waals surface area (Å²) in [6, 6.07) is 5.94. The molecular weight excluding hydrogens is 216 g/mol. The summed E-state index contributed by atoms with van der Waals surface area (Å²) in [5.74, 6) is -0.198. The number of hydrogen-bond donors (Lipinski definition) is 0. The lowest BCUT2D eigenvalue weighted by molar-refractivity contribution is -0.142. The molecule has 0 amide bonds. The van der Waals surface area contributed by atoms with Crippen molar-refractivity contribution in [2.75, 3.05) is 6.61 Å². The topological polar surface area (TPSA) is 39.4 Å². The van der Waals surface area contributed by atoms with E-state index >= 15 is 0 Å². The second-order valence-corrected chi connectivity index (χ2v) is 4.16. The normalized spacial score (nSPS) is 10.7. The first kappa shape index (κ1) is 11.7. The van der Waals surface area contributed by atoms with Crippen LogP contribution in [0.1, 0.15) is 24.5 Å². The average molecular weight is 232 g/mol. The molecule has 0 aliphatic heterocycles. The van der Waals surface area contributed by atoms with Gasteiger partial charge in [-0.1, -0.05) is 18.6 Å². The fourth-order valence-electron chi connectivity index (χ4n) is 1.75. The molecular formula is C14H16O3. The molecule has 90 valence electrons. The predicted molar refractivity (Wildman–Crippen MR) is 65.9 cm³/mol. The van der Waals surface area contributed by atoms with Crippen molar-refractivity contribution in [2.24, 2.45) is 0 Å². The van der Waals surface area contributed by atoms with Gasteiger partial charge in [-0.05, 0) is 25.5 Å². The molecule has 0 atom stereocenters. The maximum atomic E-state index is 11.5. The Hall–Kier alpha value is -1.77. The summed E-state index contributed by atoms with van der Waals surface area (Å²) >= 11 is 0. The van der Waals surface area contributed by atoms with E-state index in [-0.39, 0.29) is 12.4 Å². The number of hydrogen-bond acceptors (Lipinski definition) is 3. The third-order valence-corrected chi connectivity index (χ3v) is 2.61. The molecule has 0 fully saturated rings. The van der Waals surface area contributed by atoms with Crippen molar-refractivity contribution in [1.29, 1.82) is 0 Å². The second-order valence-electron chi connectivity index (χ2n) is 4.16. The lowest BCUT2D eigenvalue weighted by Crippen LogP contribution is -2.08. The van der Waals surface area contributed by atoms with Crippen LogP contribution in [-0.4, -0.2) is 12.6 Å². The Bertz CT molecular complexity index is 525. The summed E-state index contributed by atoms with van der Waals surface area (Å²) in [5.41, 5.74) is 2.86. The zero-order valence-electron chi connectivity index (χ0n) is 10.2. The number of carbonyl (C=O) groups excluding carboxylic acids is 1. The molecule has 2 aromatic rings. The van der Waals surface area contributed by atoms with Crippen molar-refractivity contribution >= 4 is 16.9 Å². The van der Waals surface area contributed by atoms with E-state index in [1.54, 1.807) is 6.26 Å². The maximum absolute atomic E-state index is 11.5. The Kier molecular flexibility index (Phi) is 3.47. The van der Waals surface area contributed by atoms with Crippen LogP contribution in [0.4, 0.5) is 0 Å². The minimum atomic E-state index is -0.198. The summed E-state index contributed by atoms with van der Waals surface area (Å²) in [5, 5.41) is 0.999. The molecule has 3 nitrogen and oxygen atoms in total. The van der Waals surface area contributed by atoms with Crippen LogP contribution in [0, 0.1) is 6.92 Å². The highest BCUT2D eigenvalue weighted by Gasteiger charge is 2.11. The first-order valence-electron chi connectivity index (χ1n) is 5.83. The van der Waals surface area contributed by atoms with Crippen LogP contribution >= 0.6 is 0 Å². The fraction of sp³-hybridized carbons (Fsp3) is 0.357. The molecule has 0 spiro atoms. The van der Waals surface area contributed by atoms with Gasteiger partial charge < -0.3 is 9.15 Å². The molecule has 0 saturated carbocycles. The van der Waals surface area contributed by atoms with Crippen molar-refractivity contribution in [3.05, 3.63) is 35.6 Å². The van der Waals surface area contributed by atoms with E-state index in [0.29, 0.717) is 6.61 Å². The van der Waals surface area contributed by atoms with Gasteiger partial charge in [0.1, 0.15) is 5.58 Å². The highest BCUT2D eigenvalue weighted by atomic mass is 16.5. The van der Waals surface area contributed by atoms with Crippen molar-refractivity contribution in [3.8, 4) is 0 Å². The Morgan fingerprint density at radius 3 is 3.00 bits per heavy atom. The second kappa shape index (κ2) is 5.04. The van der Waals surface area contributed by atoms with Gasteiger partial charge in [0.05, 0.1) is 19.3 Å². The Morgan fingerprint density at radius 2 is 2.24 bits per heavy atom. The zero-order chi connectivity index (χ0) is 12.3. The van der Waals surface area contributed by atoms with E-state index in [1.165, 1.54) is 0 Å². The van der Waals surface area contributed by atoms with Crippen LogP contribution in [0.15, 0.2) is 28.9 Å². The quantitative estimate of drug-likeness (QED) is 0.760.